The molecule has 0 aliphatic carbocycles. The number of nitrogens with one attached hydrogen (secondary N) is 2. The molecule has 60 heavy (non-hydrogen) atoms. The number of aliphatic hydroxyl groups is 3. The number of amides is 2. The maximum atomic E-state index is 13.5. The van der Waals surface area contributed by atoms with Crippen LogP contribution in [0.1, 0.15) is 51.4 Å². The van der Waals surface area contributed by atoms with Crippen molar-refractivity contribution < 1.29 is 128 Å². The molecule has 0 bridgehead atoms. The highest BCUT2D eigenvalue weighted by molar-refractivity contribution is 5.76. The molecule has 0 aromatic carbocycles. The van der Waals surface area contributed by atoms with Gasteiger partial charge in [0.15, 0.2) is 6.29 Å². The molecule has 0 radical (unpaired) electrons. The highest BCUT2D eigenvalue weighted by Gasteiger charge is 2.64. The number of hydrogen-bond donors (Lipinski definition) is 5. The molecule has 0 spiro atoms. The molecule has 1 aliphatic rings. The van der Waals surface area contributed by atoms with Crippen LogP contribution in [0.4, 0.5) is 79.0 Å². The van der Waals surface area contributed by atoms with Crippen LogP contribution < -0.4 is 10.6 Å². The van der Waals surface area contributed by atoms with Crippen LogP contribution in [-0.4, -0.2) is 154 Å². The molecule has 3 atom stereocenters. The fourth-order valence-corrected chi connectivity index (χ4v) is 4.10. The van der Waals surface area contributed by atoms with E-state index in [1.165, 1.54) is 21.3 Å². The van der Waals surface area contributed by atoms with Crippen molar-refractivity contribution in [3.05, 3.63) is 0 Å². The summed E-state index contributed by atoms with van der Waals surface area (Å²) in [5.74, 6) is -32.5. The molecule has 5 N–H and O–H groups in total. The number of rotatable bonds is 23. The Hall–Kier alpha value is -2.64. The summed E-state index contributed by atoms with van der Waals surface area (Å²) in [4.78, 5) is 22.6. The predicted octanol–water partition coefficient (Wildman–Crippen LogP) is 5.56. The quantitative estimate of drug-likeness (QED) is 0.0648. The monoisotopic (exact) mass is 934 g/mol. The third kappa shape index (κ3) is 25.3. The lowest BCUT2D eigenvalue weighted by atomic mass is 9.99. The zero-order chi connectivity index (χ0) is 47.6. The van der Waals surface area contributed by atoms with Crippen LogP contribution in [-0.2, 0) is 33.3 Å². The summed E-state index contributed by atoms with van der Waals surface area (Å²) < 4.78 is 252. The Bertz CT molecular complexity index is 1240. The molecule has 1 fully saturated rings. The first-order chi connectivity index (χ1) is 26.9. The van der Waals surface area contributed by atoms with Gasteiger partial charge in [0.25, 0.3) is 30.2 Å². The summed E-state index contributed by atoms with van der Waals surface area (Å²) in [6.07, 6.45) is -31.4. The highest BCUT2D eigenvalue weighted by Crippen LogP contribution is 2.47. The minimum atomic E-state index is -6.31. The topological polar surface area (TPSA) is 165 Å². The maximum Gasteiger partial charge on any atom is 0.453 e. The normalized spacial score (nSPS) is 17.7. The number of carbonyl (C=O) groups is 2. The molecule has 30 heteroatoms. The van der Waals surface area contributed by atoms with Gasteiger partial charge in [-0.15, -0.1) is 0 Å². The molecule has 1 heterocycles. The van der Waals surface area contributed by atoms with Gasteiger partial charge < -0.3 is 49.6 Å². The fraction of sp³-hybridized carbons (Fsp3) is 0.933. The molecule has 0 saturated carbocycles. The van der Waals surface area contributed by atoms with Crippen LogP contribution in [0.25, 0.3) is 0 Å². The van der Waals surface area contributed by atoms with Gasteiger partial charge in [0.05, 0.1) is 51.6 Å². The molecule has 360 valence electrons. The number of hydrogen-bond acceptors (Lipinski definition) is 10. The van der Waals surface area contributed by atoms with E-state index < -0.39 is 149 Å². The average molecular weight is 935 g/mol. The second kappa shape index (κ2) is 24.9. The highest BCUT2D eigenvalue weighted by atomic mass is 19.4. The Kier molecular flexibility index (Phi) is 24.6. The van der Waals surface area contributed by atoms with Crippen LogP contribution in [0.2, 0.25) is 0 Å². The van der Waals surface area contributed by atoms with Crippen molar-refractivity contribution >= 4 is 11.8 Å². The van der Waals surface area contributed by atoms with Crippen molar-refractivity contribution in [2.45, 2.75) is 124 Å². The lowest BCUT2D eigenvalue weighted by molar-refractivity contribution is -0.304. The van der Waals surface area contributed by atoms with Crippen molar-refractivity contribution in [2.75, 3.05) is 54.2 Å². The van der Waals surface area contributed by atoms with E-state index in [4.69, 9.17) is 29.5 Å². The first kappa shape index (κ1) is 59.5. The van der Waals surface area contributed by atoms with E-state index in [9.17, 15) is 88.6 Å². The summed E-state index contributed by atoms with van der Waals surface area (Å²) in [5, 5.41) is 29.7. The molecular weight excluding hydrogens is 890 g/mol. The van der Waals surface area contributed by atoms with Gasteiger partial charge in [0.2, 0.25) is 11.8 Å². The minimum absolute atomic E-state index is 0.0363. The van der Waals surface area contributed by atoms with Crippen molar-refractivity contribution in [3.63, 3.8) is 0 Å². The summed E-state index contributed by atoms with van der Waals surface area (Å²) in [6.45, 7) is -2.41. The van der Waals surface area contributed by atoms with Crippen LogP contribution >= 0.6 is 0 Å². The van der Waals surface area contributed by atoms with Gasteiger partial charge in [-0.1, -0.05) is 0 Å². The van der Waals surface area contributed by atoms with Gasteiger partial charge >= 0.3 is 24.2 Å². The van der Waals surface area contributed by atoms with Gasteiger partial charge in [0.1, 0.15) is 6.10 Å². The number of carbonyl (C=O) groups excluding carboxylic acids is 2. The zero-order valence-corrected chi connectivity index (χ0v) is 31.5. The number of alkyl halides is 18. The first-order valence-corrected chi connectivity index (χ1v) is 16.6. The van der Waals surface area contributed by atoms with Crippen molar-refractivity contribution in [1.82, 2.24) is 10.6 Å². The Morgan fingerprint density at radius 3 is 1.33 bits per heavy atom. The number of halogens is 18. The molecule has 1 rings (SSSR count). The summed E-state index contributed by atoms with van der Waals surface area (Å²) >= 11 is 0. The summed E-state index contributed by atoms with van der Waals surface area (Å²) in [5.41, 5.74) is 0. The lowest BCUT2D eigenvalue weighted by Crippen LogP contribution is -2.43. The zero-order valence-electron chi connectivity index (χ0n) is 31.5. The van der Waals surface area contributed by atoms with Gasteiger partial charge in [0, 0.05) is 60.1 Å². The third-order valence-corrected chi connectivity index (χ3v) is 7.12. The van der Waals surface area contributed by atoms with Gasteiger partial charge in [-0.25, -0.2) is 35.1 Å². The Balaban J connectivity index is 0. The molecule has 12 nitrogen and oxygen atoms in total. The lowest BCUT2D eigenvalue weighted by Gasteiger charge is -2.27. The Labute approximate surface area is 329 Å². The molecule has 0 aromatic heterocycles. The average Bonchev–Trinajstić information content (AvgIpc) is 3.54. The molecule has 3 unspecified atom stereocenters. The standard InChI is InChI=1S/C14H18F9NO4.C12H16F9NO3.C4H10O3/c1-26-10-27-5-8(28-10)4-24-9(25)2-3-11(15,16)6-12(17,18)7-13(19,20)14(21,22)23;13-9(14,2-1-8(25)22-3-7(24)4-23)5-10(15,16)6-11(17,18)12(19,20)21;1-6-4(3-5)7-2/h8,10H,2-7H2,1H3,(H,24,25);7,23-24H,1-6H2,(H,22,25);4-5H,3H2,1-2H3. The Morgan fingerprint density at radius 1 is 0.633 bits per heavy atom. The van der Waals surface area contributed by atoms with E-state index in [0.29, 0.717) is 0 Å². The number of aliphatic hydroxyl groups excluding tert-OH is 3. The van der Waals surface area contributed by atoms with Crippen LogP contribution in [0.15, 0.2) is 0 Å². The van der Waals surface area contributed by atoms with Gasteiger partial charge in [-0.05, 0) is 0 Å². The van der Waals surface area contributed by atoms with Crippen LogP contribution in [0.3, 0.4) is 0 Å². The molecular formula is C30H44F18N2O10. The van der Waals surface area contributed by atoms with E-state index in [0.717, 1.165) is 0 Å². The first-order valence-electron chi connectivity index (χ1n) is 16.6. The van der Waals surface area contributed by atoms with Gasteiger partial charge in [-0.2, -0.15) is 43.9 Å². The van der Waals surface area contributed by atoms with E-state index in [-0.39, 0.29) is 19.8 Å². The molecule has 2 amide bonds. The second-order valence-electron chi connectivity index (χ2n) is 12.7. The van der Waals surface area contributed by atoms with E-state index in [1.807, 2.05) is 5.32 Å². The van der Waals surface area contributed by atoms with Crippen molar-refractivity contribution in [2.24, 2.45) is 0 Å². The summed E-state index contributed by atoms with van der Waals surface area (Å²) in [6, 6.07) is 0. The molecule has 0 aromatic rings. The van der Waals surface area contributed by atoms with E-state index in [1.54, 1.807) is 0 Å². The SMILES string of the molecule is COC(CO)OC.COC1OCC(CNC(=O)CCC(F)(F)CC(F)(F)CC(F)(F)C(F)(F)F)O1.O=C(CCC(F)(F)CC(F)(F)CC(F)(F)C(F)(F)F)NCC(O)CO. The second-order valence-corrected chi connectivity index (χ2v) is 12.7. The van der Waals surface area contributed by atoms with E-state index >= 15 is 0 Å². The van der Waals surface area contributed by atoms with Crippen LogP contribution in [0.5, 0.6) is 0 Å². The minimum Gasteiger partial charge on any atom is -0.394 e. The van der Waals surface area contributed by atoms with Gasteiger partial charge in [-0.3, -0.25) is 9.59 Å². The number of ether oxygens (including phenoxy) is 5. The van der Waals surface area contributed by atoms with Crippen LogP contribution in [0, 0.1) is 0 Å². The van der Waals surface area contributed by atoms with Crippen molar-refractivity contribution in [1.29, 1.82) is 0 Å². The fourth-order valence-electron chi connectivity index (χ4n) is 4.10. The predicted molar refractivity (Wildman–Crippen MR) is 164 cm³/mol. The number of methoxy groups -OCH3 is 3. The maximum absolute atomic E-state index is 13.5. The smallest absolute Gasteiger partial charge is 0.394 e. The third-order valence-electron chi connectivity index (χ3n) is 7.12. The molecule has 1 saturated heterocycles. The van der Waals surface area contributed by atoms with Crippen molar-refractivity contribution in [3.8, 4) is 0 Å². The summed E-state index contributed by atoms with van der Waals surface area (Å²) in [7, 11) is 4.24. The molecule has 1 aliphatic heterocycles. The largest absolute Gasteiger partial charge is 0.453 e. The Morgan fingerprint density at radius 2 is 1.03 bits per heavy atom. The van der Waals surface area contributed by atoms with E-state index in [2.05, 4.69) is 14.8 Å².